The molecule has 100 valence electrons. The summed E-state index contributed by atoms with van der Waals surface area (Å²) >= 11 is 0. The molecular formula is C14H20FNO2. The third kappa shape index (κ3) is 2.65. The minimum atomic E-state index is -0.273. The van der Waals surface area contributed by atoms with Crippen LogP contribution in [0.2, 0.25) is 0 Å². The first-order chi connectivity index (χ1) is 8.77. The van der Waals surface area contributed by atoms with Crippen LogP contribution in [0.4, 0.5) is 4.39 Å². The van der Waals surface area contributed by atoms with Gasteiger partial charge >= 0.3 is 0 Å². The molecular weight excluding hydrogens is 233 g/mol. The summed E-state index contributed by atoms with van der Waals surface area (Å²) in [4.78, 5) is 0. The largest absolute Gasteiger partial charge is 0.494 e. The van der Waals surface area contributed by atoms with Crippen molar-refractivity contribution in [2.45, 2.75) is 18.9 Å². The van der Waals surface area contributed by atoms with Crippen LogP contribution in [0.1, 0.15) is 24.4 Å². The zero-order valence-electron chi connectivity index (χ0n) is 10.9. The van der Waals surface area contributed by atoms with E-state index in [1.807, 2.05) is 19.2 Å². The molecule has 1 aromatic rings. The number of nitrogens with one attached hydrogen (secondary N) is 1. The summed E-state index contributed by atoms with van der Waals surface area (Å²) < 4.78 is 24.8. The van der Waals surface area contributed by atoms with E-state index in [4.69, 9.17) is 9.47 Å². The van der Waals surface area contributed by atoms with Crippen molar-refractivity contribution in [1.29, 1.82) is 0 Å². The Hall–Kier alpha value is -1.13. The second-order valence-corrected chi connectivity index (χ2v) is 4.61. The van der Waals surface area contributed by atoms with Crippen LogP contribution in [-0.4, -0.2) is 27.4 Å². The summed E-state index contributed by atoms with van der Waals surface area (Å²) in [5.41, 5.74) is 0.660. The summed E-state index contributed by atoms with van der Waals surface area (Å²) in [6.07, 6.45) is 2.09. The highest BCUT2D eigenvalue weighted by atomic mass is 19.1. The van der Waals surface area contributed by atoms with Gasteiger partial charge in [-0.1, -0.05) is 12.1 Å². The van der Waals surface area contributed by atoms with Crippen LogP contribution in [-0.2, 0) is 4.74 Å². The lowest BCUT2D eigenvalue weighted by atomic mass is 9.88. The maximum absolute atomic E-state index is 14.3. The van der Waals surface area contributed by atoms with E-state index in [-0.39, 0.29) is 11.9 Å². The monoisotopic (exact) mass is 253 g/mol. The Morgan fingerprint density at radius 2 is 2.33 bits per heavy atom. The van der Waals surface area contributed by atoms with E-state index in [9.17, 15) is 4.39 Å². The first-order valence-corrected chi connectivity index (χ1v) is 6.35. The van der Waals surface area contributed by atoms with Crippen molar-refractivity contribution in [3.8, 4) is 5.75 Å². The normalized spacial score (nSPS) is 21.6. The van der Waals surface area contributed by atoms with Crippen molar-refractivity contribution in [2.24, 2.45) is 5.92 Å². The summed E-state index contributed by atoms with van der Waals surface area (Å²) in [5.74, 6) is 0.333. The van der Waals surface area contributed by atoms with Crippen LogP contribution in [0.3, 0.4) is 0 Å². The Kier molecular flexibility index (Phi) is 4.55. The first kappa shape index (κ1) is 13.3. The third-order valence-electron chi connectivity index (χ3n) is 3.53. The van der Waals surface area contributed by atoms with Gasteiger partial charge < -0.3 is 14.8 Å². The molecule has 18 heavy (non-hydrogen) atoms. The second-order valence-electron chi connectivity index (χ2n) is 4.61. The summed E-state index contributed by atoms with van der Waals surface area (Å²) in [5, 5.41) is 3.20. The molecule has 1 aliphatic heterocycles. The van der Waals surface area contributed by atoms with Crippen LogP contribution in [0.15, 0.2) is 18.2 Å². The molecule has 2 atom stereocenters. The Labute approximate surface area is 107 Å². The number of hydrogen-bond donors (Lipinski definition) is 1. The molecule has 1 saturated heterocycles. The quantitative estimate of drug-likeness (QED) is 0.894. The fourth-order valence-electron chi connectivity index (χ4n) is 2.60. The third-order valence-corrected chi connectivity index (χ3v) is 3.53. The maximum atomic E-state index is 14.3. The number of methoxy groups -OCH3 is 1. The van der Waals surface area contributed by atoms with Gasteiger partial charge in [0.1, 0.15) is 0 Å². The van der Waals surface area contributed by atoms with Crippen LogP contribution >= 0.6 is 0 Å². The second kappa shape index (κ2) is 6.16. The van der Waals surface area contributed by atoms with Crippen molar-refractivity contribution < 1.29 is 13.9 Å². The molecule has 1 N–H and O–H groups in total. The number of halogens is 1. The fraction of sp³-hybridized carbons (Fsp3) is 0.571. The lowest BCUT2D eigenvalue weighted by molar-refractivity contribution is 0.0396. The van der Waals surface area contributed by atoms with Crippen molar-refractivity contribution >= 4 is 0 Å². The molecule has 0 bridgehead atoms. The topological polar surface area (TPSA) is 30.5 Å². The Morgan fingerprint density at radius 3 is 2.94 bits per heavy atom. The van der Waals surface area contributed by atoms with E-state index in [1.54, 1.807) is 6.07 Å². The van der Waals surface area contributed by atoms with Crippen molar-refractivity contribution in [3.05, 3.63) is 29.6 Å². The Bertz CT molecular complexity index is 391. The molecule has 2 rings (SSSR count). The molecule has 1 heterocycles. The van der Waals surface area contributed by atoms with E-state index >= 15 is 0 Å². The maximum Gasteiger partial charge on any atom is 0.169 e. The van der Waals surface area contributed by atoms with Gasteiger partial charge in [-0.3, -0.25) is 0 Å². The Balaban J connectivity index is 2.26. The molecule has 0 amide bonds. The molecule has 1 aromatic carbocycles. The molecule has 0 saturated carbocycles. The zero-order valence-corrected chi connectivity index (χ0v) is 10.9. The van der Waals surface area contributed by atoms with Gasteiger partial charge in [0.25, 0.3) is 0 Å². The minimum absolute atomic E-state index is 0.0274. The van der Waals surface area contributed by atoms with Gasteiger partial charge in [-0.15, -0.1) is 0 Å². The van der Waals surface area contributed by atoms with E-state index < -0.39 is 0 Å². The van der Waals surface area contributed by atoms with Gasteiger partial charge in [-0.25, -0.2) is 4.39 Å². The summed E-state index contributed by atoms with van der Waals surface area (Å²) in [6, 6.07) is 5.25. The van der Waals surface area contributed by atoms with Crippen LogP contribution in [0.25, 0.3) is 0 Å². The molecule has 4 heteroatoms. The highest BCUT2D eigenvalue weighted by molar-refractivity contribution is 5.33. The van der Waals surface area contributed by atoms with Gasteiger partial charge in [0.05, 0.1) is 13.7 Å². The number of ether oxygens (including phenoxy) is 2. The standard InChI is InChI=1S/C14H20FNO2/c1-16-14(10-5-4-8-18-9-10)11-6-3-7-12(17-2)13(11)15/h3,6-7,10,14,16H,4-5,8-9H2,1-2H3. The molecule has 0 radical (unpaired) electrons. The van der Waals surface area contributed by atoms with E-state index in [0.717, 1.165) is 19.4 Å². The SMILES string of the molecule is CNC(c1cccc(OC)c1F)C1CCCOC1. The van der Waals surface area contributed by atoms with E-state index in [1.165, 1.54) is 7.11 Å². The average Bonchev–Trinajstić information content (AvgIpc) is 2.43. The molecule has 2 unspecified atom stereocenters. The van der Waals surface area contributed by atoms with Crippen molar-refractivity contribution in [2.75, 3.05) is 27.4 Å². The lowest BCUT2D eigenvalue weighted by Crippen LogP contribution is -2.32. The molecule has 0 spiro atoms. The van der Waals surface area contributed by atoms with Crippen molar-refractivity contribution in [1.82, 2.24) is 5.32 Å². The molecule has 0 aliphatic carbocycles. The van der Waals surface area contributed by atoms with Gasteiger partial charge in [0.15, 0.2) is 11.6 Å². The lowest BCUT2D eigenvalue weighted by Gasteiger charge is -2.30. The zero-order chi connectivity index (χ0) is 13.0. The van der Waals surface area contributed by atoms with Crippen molar-refractivity contribution in [3.63, 3.8) is 0 Å². The van der Waals surface area contributed by atoms with Gasteiger partial charge in [-0.05, 0) is 26.0 Å². The van der Waals surface area contributed by atoms with Crippen LogP contribution in [0, 0.1) is 11.7 Å². The molecule has 0 aromatic heterocycles. The van der Waals surface area contributed by atoms with Gasteiger partial charge in [-0.2, -0.15) is 0 Å². The molecule has 1 fully saturated rings. The van der Waals surface area contributed by atoms with Gasteiger partial charge in [0, 0.05) is 24.1 Å². The molecule has 3 nitrogen and oxygen atoms in total. The summed E-state index contributed by atoms with van der Waals surface area (Å²) in [6.45, 7) is 1.50. The first-order valence-electron chi connectivity index (χ1n) is 6.35. The predicted molar refractivity (Wildman–Crippen MR) is 68.3 cm³/mol. The van der Waals surface area contributed by atoms with E-state index in [0.29, 0.717) is 23.8 Å². The Morgan fingerprint density at radius 1 is 1.50 bits per heavy atom. The smallest absolute Gasteiger partial charge is 0.169 e. The summed E-state index contributed by atoms with van der Waals surface area (Å²) in [7, 11) is 3.35. The number of benzene rings is 1. The predicted octanol–water partition coefficient (Wildman–Crippen LogP) is 2.52. The highest BCUT2D eigenvalue weighted by Crippen LogP contribution is 2.32. The fourth-order valence-corrected chi connectivity index (χ4v) is 2.60. The number of rotatable bonds is 4. The highest BCUT2D eigenvalue weighted by Gasteiger charge is 2.27. The minimum Gasteiger partial charge on any atom is -0.494 e. The van der Waals surface area contributed by atoms with Gasteiger partial charge in [0.2, 0.25) is 0 Å². The average molecular weight is 253 g/mol. The van der Waals surface area contributed by atoms with Crippen LogP contribution < -0.4 is 10.1 Å². The molecule has 1 aliphatic rings. The van der Waals surface area contributed by atoms with Crippen LogP contribution in [0.5, 0.6) is 5.75 Å². The van der Waals surface area contributed by atoms with E-state index in [2.05, 4.69) is 5.32 Å². The number of hydrogen-bond acceptors (Lipinski definition) is 3.